The van der Waals surface area contributed by atoms with Crippen molar-refractivity contribution in [3.05, 3.63) is 117 Å². The number of urea groups is 1. The van der Waals surface area contributed by atoms with Gasteiger partial charge in [0, 0.05) is 34.9 Å². The third kappa shape index (κ3) is 5.31. The maximum Gasteiger partial charge on any atom is 0.338 e. The summed E-state index contributed by atoms with van der Waals surface area (Å²) in [6.45, 7) is 0.677. The molecular formula is C30H20Cl2N4O2S2. The van der Waals surface area contributed by atoms with Crippen LogP contribution in [0.4, 0.5) is 10.5 Å². The number of hydrogen-bond donors (Lipinski definition) is 2. The van der Waals surface area contributed by atoms with E-state index in [0.717, 1.165) is 33.2 Å². The molecule has 0 bridgehead atoms. The maximum absolute atomic E-state index is 13.2. The molecule has 1 saturated heterocycles. The number of thiocarbonyl (C=S) groups is 1. The summed E-state index contributed by atoms with van der Waals surface area (Å²) in [5, 5.41) is 7.76. The summed E-state index contributed by atoms with van der Waals surface area (Å²) >= 11 is 18.5. The van der Waals surface area contributed by atoms with Crippen LogP contribution in [-0.4, -0.2) is 25.8 Å². The maximum atomic E-state index is 13.2. The van der Waals surface area contributed by atoms with Crippen molar-refractivity contribution in [2.45, 2.75) is 6.54 Å². The Morgan fingerprint density at radius 3 is 2.52 bits per heavy atom. The highest BCUT2D eigenvalue weighted by Crippen LogP contribution is 2.34. The quantitative estimate of drug-likeness (QED) is 0.158. The molecule has 1 fully saturated rings. The summed E-state index contributed by atoms with van der Waals surface area (Å²) in [5.74, 6) is -0.411. The molecule has 1 aliphatic heterocycles. The molecule has 0 spiro atoms. The van der Waals surface area contributed by atoms with Crippen molar-refractivity contribution in [2.75, 3.05) is 5.32 Å². The highest BCUT2D eigenvalue weighted by Gasteiger charge is 2.34. The van der Waals surface area contributed by atoms with Crippen molar-refractivity contribution in [1.82, 2.24) is 15.0 Å². The molecule has 5 aromatic rings. The van der Waals surface area contributed by atoms with E-state index in [1.54, 1.807) is 12.1 Å². The zero-order valence-electron chi connectivity index (χ0n) is 20.7. The summed E-state index contributed by atoms with van der Waals surface area (Å²) in [6, 6.07) is 26.9. The van der Waals surface area contributed by atoms with Gasteiger partial charge in [-0.15, -0.1) is 0 Å². The van der Waals surface area contributed by atoms with Crippen LogP contribution >= 0.6 is 47.2 Å². The lowest BCUT2D eigenvalue weighted by molar-refractivity contribution is -0.123. The third-order valence-corrected chi connectivity index (χ3v) is 8.50. The van der Waals surface area contributed by atoms with Gasteiger partial charge >= 0.3 is 6.03 Å². The number of hydrogen-bond acceptors (Lipinski definition) is 4. The fourth-order valence-corrected chi connectivity index (χ4v) is 6.06. The number of rotatable bonds is 5. The predicted molar refractivity (Wildman–Crippen MR) is 169 cm³/mol. The Balaban J connectivity index is 1.23. The van der Waals surface area contributed by atoms with E-state index in [-0.39, 0.29) is 4.32 Å². The van der Waals surface area contributed by atoms with Crippen molar-refractivity contribution in [1.29, 1.82) is 0 Å². The van der Waals surface area contributed by atoms with Crippen LogP contribution in [-0.2, 0) is 11.3 Å². The number of carbonyl (C=O) groups excluding carboxylic acids is 2. The van der Waals surface area contributed by atoms with Gasteiger partial charge in [0.05, 0.1) is 15.0 Å². The van der Waals surface area contributed by atoms with Gasteiger partial charge in [0.15, 0.2) is 4.32 Å². The SMILES string of the molecule is O=C(Nc1ccc(Cl)c(Cl)c1)NN1C(=O)/C(=C/c2cn(Cc3ccc4ccccc4c3)c3ccccc23)SC1=S. The number of benzene rings is 4. The number of carbonyl (C=O) groups is 2. The largest absolute Gasteiger partial charge is 0.342 e. The lowest BCUT2D eigenvalue weighted by atomic mass is 10.1. The number of nitrogens with zero attached hydrogens (tertiary/aromatic N) is 2. The molecule has 0 radical (unpaired) electrons. The first-order valence-electron chi connectivity index (χ1n) is 12.2. The Bertz CT molecular complexity index is 1870. The highest BCUT2D eigenvalue weighted by atomic mass is 35.5. The van der Waals surface area contributed by atoms with E-state index < -0.39 is 11.9 Å². The molecule has 198 valence electrons. The molecule has 10 heteroatoms. The molecule has 0 unspecified atom stereocenters. The van der Waals surface area contributed by atoms with Gasteiger partial charge in [-0.1, -0.05) is 89.6 Å². The Hall–Kier alpha value is -3.82. The summed E-state index contributed by atoms with van der Waals surface area (Å²) in [5.41, 5.74) is 6.05. The number of aromatic nitrogens is 1. The van der Waals surface area contributed by atoms with Crippen LogP contribution in [0.5, 0.6) is 0 Å². The fourth-order valence-electron chi connectivity index (χ4n) is 4.59. The minimum absolute atomic E-state index is 0.223. The predicted octanol–water partition coefficient (Wildman–Crippen LogP) is 8.09. The molecule has 1 aliphatic rings. The number of para-hydroxylation sites is 1. The standard InChI is InChI=1S/C30H20Cl2N4O2S2/c31-24-12-11-22(15-25(24)32)33-29(38)34-36-28(37)27(40-30(36)39)14-21-17-35(26-8-4-3-7-23(21)26)16-18-9-10-19-5-1-2-6-20(19)13-18/h1-15,17H,16H2,(H2,33,34,38)/b27-14-. The molecule has 0 atom stereocenters. The number of thioether (sulfide) groups is 1. The molecule has 6 rings (SSSR count). The van der Waals surface area contributed by atoms with Crippen molar-refractivity contribution in [3.63, 3.8) is 0 Å². The number of nitrogens with one attached hydrogen (secondary N) is 2. The highest BCUT2D eigenvalue weighted by molar-refractivity contribution is 8.26. The fraction of sp³-hybridized carbons (Fsp3) is 0.0333. The van der Waals surface area contributed by atoms with E-state index in [1.165, 1.54) is 22.4 Å². The molecule has 3 amide bonds. The van der Waals surface area contributed by atoms with E-state index in [1.807, 2.05) is 42.6 Å². The van der Waals surface area contributed by atoms with E-state index in [9.17, 15) is 9.59 Å². The van der Waals surface area contributed by atoms with Crippen LogP contribution in [0.3, 0.4) is 0 Å². The van der Waals surface area contributed by atoms with Crippen molar-refractivity contribution in [3.8, 4) is 0 Å². The zero-order valence-corrected chi connectivity index (χ0v) is 23.9. The summed E-state index contributed by atoms with van der Waals surface area (Å²) < 4.78 is 2.40. The number of amides is 3. The summed E-state index contributed by atoms with van der Waals surface area (Å²) in [4.78, 5) is 26.2. The molecule has 40 heavy (non-hydrogen) atoms. The molecule has 2 N–H and O–H groups in total. The van der Waals surface area contributed by atoms with Crippen molar-refractivity contribution in [2.24, 2.45) is 0 Å². The van der Waals surface area contributed by atoms with E-state index in [4.69, 9.17) is 35.4 Å². The van der Waals surface area contributed by atoms with E-state index in [2.05, 4.69) is 51.7 Å². The third-order valence-electron chi connectivity index (χ3n) is 6.46. The minimum atomic E-state index is -0.636. The average Bonchev–Trinajstić information content (AvgIpc) is 3.42. The second-order valence-electron chi connectivity index (χ2n) is 9.12. The van der Waals surface area contributed by atoms with Crippen molar-refractivity contribution >= 4 is 96.9 Å². The van der Waals surface area contributed by atoms with Gasteiger partial charge in [0.2, 0.25) is 0 Å². The Labute approximate surface area is 249 Å². The van der Waals surface area contributed by atoms with Gasteiger partial charge in [-0.05, 0) is 65.0 Å². The Morgan fingerprint density at radius 1 is 0.925 bits per heavy atom. The number of anilines is 1. The molecule has 6 nitrogen and oxygen atoms in total. The lowest BCUT2D eigenvalue weighted by Gasteiger charge is -2.16. The molecule has 1 aromatic heterocycles. The zero-order chi connectivity index (χ0) is 27.8. The monoisotopic (exact) mass is 602 g/mol. The van der Waals surface area contributed by atoms with Gasteiger partial charge in [-0.2, -0.15) is 5.01 Å². The Morgan fingerprint density at radius 2 is 1.70 bits per heavy atom. The summed E-state index contributed by atoms with van der Waals surface area (Å²) in [7, 11) is 0. The van der Waals surface area contributed by atoms with E-state index >= 15 is 0 Å². The smallest absolute Gasteiger partial charge is 0.338 e. The molecule has 2 heterocycles. The molecule has 0 saturated carbocycles. The van der Waals surface area contributed by atoms with Crippen LogP contribution in [0.25, 0.3) is 27.8 Å². The van der Waals surface area contributed by atoms with Crippen LogP contribution in [0, 0.1) is 0 Å². The Kier molecular flexibility index (Phi) is 7.25. The molecule has 4 aromatic carbocycles. The molecular weight excluding hydrogens is 583 g/mol. The number of hydrazine groups is 1. The van der Waals surface area contributed by atoms with Crippen LogP contribution in [0.15, 0.2) is 96.0 Å². The van der Waals surface area contributed by atoms with Gasteiger partial charge in [-0.25, -0.2) is 10.2 Å². The average molecular weight is 604 g/mol. The first-order chi connectivity index (χ1) is 19.4. The topological polar surface area (TPSA) is 66.4 Å². The van der Waals surface area contributed by atoms with Gasteiger partial charge in [0.1, 0.15) is 0 Å². The minimum Gasteiger partial charge on any atom is -0.342 e. The summed E-state index contributed by atoms with van der Waals surface area (Å²) in [6.07, 6.45) is 3.86. The normalized spacial score (nSPS) is 14.4. The lowest BCUT2D eigenvalue weighted by Crippen LogP contribution is -2.46. The first kappa shape index (κ1) is 26.4. The van der Waals surface area contributed by atoms with E-state index in [0.29, 0.717) is 27.2 Å². The number of fused-ring (bicyclic) bond motifs is 2. The van der Waals surface area contributed by atoms with Crippen LogP contribution in [0.2, 0.25) is 10.0 Å². The van der Waals surface area contributed by atoms with Gasteiger partial charge in [-0.3, -0.25) is 4.79 Å². The first-order valence-corrected chi connectivity index (χ1v) is 14.2. The second kappa shape index (κ2) is 11.0. The van der Waals surface area contributed by atoms with Crippen LogP contribution < -0.4 is 10.7 Å². The second-order valence-corrected chi connectivity index (χ2v) is 11.6. The number of halogens is 2. The van der Waals surface area contributed by atoms with Gasteiger partial charge in [0.25, 0.3) is 5.91 Å². The van der Waals surface area contributed by atoms with Gasteiger partial charge < -0.3 is 9.88 Å². The van der Waals surface area contributed by atoms with Crippen LogP contribution in [0.1, 0.15) is 11.1 Å². The van der Waals surface area contributed by atoms with Crippen molar-refractivity contribution < 1.29 is 9.59 Å². The molecule has 0 aliphatic carbocycles.